The molecule has 4 saturated heterocycles. The molecule has 5 fully saturated rings. The Kier molecular flexibility index (Phi) is 4.22. The number of halogens is 3. The molecule has 1 aliphatic carbocycles. The standard InChI is InChI=1S/C18H27F3O5/c1-5-22-17(18(19,20)21)11(3)13-7-6-10(2)12-8-9-15(4)23-14(24-17)16(12,13)26-25-15/h10-14H,5-9H2,1-4H3/t10-,11-,12+,13?,14+,15+,16-,17-/m1/s1. The largest absolute Gasteiger partial charge is 0.443 e. The van der Waals surface area contributed by atoms with Crippen molar-refractivity contribution < 1.29 is 37.2 Å². The van der Waals surface area contributed by atoms with Gasteiger partial charge in [-0.05, 0) is 44.9 Å². The van der Waals surface area contributed by atoms with Gasteiger partial charge >= 0.3 is 6.18 Å². The Morgan fingerprint density at radius 2 is 1.77 bits per heavy atom. The molecule has 1 spiro atoms. The Morgan fingerprint density at radius 1 is 1.04 bits per heavy atom. The summed E-state index contributed by atoms with van der Waals surface area (Å²) in [6.07, 6.45) is -3.10. The van der Waals surface area contributed by atoms with Gasteiger partial charge in [-0.3, -0.25) is 0 Å². The third-order valence-corrected chi connectivity index (χ3v) is 7.01. The van der Waals surface area contributed by atoms with E-state index >= 15 is 0 Å². The summed E-state index contributed by atoms with van der Waals surface area (Å²) >= 11 is 0. The Bertz CT molecular complexity index is 572. The molecule has 1 saturated carbocycles. The average Bonchev–Trinajstić information content (AvgIpc) is 2.78. The van der Waals surface area contributed by atoms with Crippen LogP contribution in [-0.4, -0.2) is 36.2 Å². The molecule has 2 bridgehead atoms. The molecule has 0 N–H and O–H groups in total. The zero-order valence-corrected chi connectivity index (χ0v) is 15.6. The summed E-state index contributed by atoms with van der Waals surface area (Å²) < 4.78 is 59.4. The quantitative estimate of drug-likeness (QED) is 0.673. The van der Waals surface area contributed by atoms with E-state index in [-0.39, 0.29) is 12.5 Å². The van der Waals surface area contributed by atoms with Crippen molar-refractivity contribution in [3.63, 3.8) is 0 Å². The van der Waals surface area contributed by atoms with Gasteiger partial charge in [0.2, 0.25) is 5.79 Å². The second kappa shape index (κ2) is 5.80. The fourth-order valence-corrected chi connectivity index (χ4v) is 5.70. The molecule has 0 radical (unpaired) electrons. The lowest BCUT2D eigenvalue weighted by molar-refractivity contribution is -0.598. The number of ether oxygens (including phenoxy) is 3. The third kappa shape index (κ3) is 2.28. The van der Waals surface area contributed by atoms with Gasteiger partial charge in [0.1, 0.15) is 0 Å². The fourth-order valence-electron chi connectivity index (χ4n) is 5.70. The highest BCUT2D eigenvalue weighted by molar-refractivity contribution is 5.12. The molecule has 26 heavy (non-hydrogen) atoms. The van der Waals surface area contributed by atoms with Crippen LogP contribution in [0.3, 0.4) is 0 Å². The monoisotopic (exact) mass is 380 g/mol. The molecule has 0 aromatic rings. The van der Waals surface area contributed by atoms with Crippen LogP contribution < -0.4 is 0 Å². The molecule has 150 valence electrons. The van der Waals surface area contributed by atoms with E-state index < -0.39 is 41.5 Å². The Balaban J connectivity index is 1.84. The normalized spacial score (nSPS) is 53.9. The molecule has 5 rings (SSSR count). The van der Waals surface area contributed by atoms with Crippen molar-refractivity contribution in [1.29, 1.82) is 0 Å². The molecule has 0 aromatic heterocycles. The van der Waals surface area contributed by atoms with Crippen molar-refractivity contribution in [1.82, 2.24) is 0 Å². The number of hydrogen-bond donors (Lipinski definition) is 0. The smallest absolute Gasteiger partial charge is 0.343 e. The first-order chi connectivity index (χ1) is 12.1. The Morgan fingerprint density at radius 3 is 2.42 bits per heavy atom. The summed E-state index contributed by atoms with van der Waals surface area (Å²) in [6, 6.07) is 0. The van der Waals surface area contributed by atoms with Crippen LogP contribution in [-0.2, 0) is 24.0 Å². The summed E-state index contributed by atoms with van der Waals surface area (Å²) in [6.45, 7) is 6.80. The maximum absolute atomic E-state index is 14.2. The van der Waals surface area contributed by atoms with E-state index in [1.165, 1.54) is 0 Å². The molecule has 5 nitrogen and oxygen atoms in total. The fraction of sp³-hybridized carbons (Fsp3) is 1.00. The number of fused-ring (bicyclic) bond motifs is 2. The Labute approximate surface area is 151 Å². The molecule has 5 aliphatic rings. The number of hydrogen-bond acceptors (Lipinski definition) is 5. The van der Waals surface area contributed by atoms with Gasteiger partial charge in [-0.15, -0.1) is 0 Å². The van der Waals surface area contributed by atoms with E-state index in [1.807, 2.05) is 0 Å². The highest BCUT2D eigenvalue weighted by Gasteiger charge is 2.77. The van der Waals surface area contributed by atoms with Crippen molar-refractivity contribution >= 4 is 0 Å². The predicted molar refractivity (Wildman–Crippen MR) is 83.5 cm³/mol. The zero-order chi connectivity index (χ0) is 19.0. The van der Waals surface area contributed by atoms with Crippen LogP contribution in [0.5, 0.6) is 0 Å². The predicted octanol–water partition coefficient (Wildman–Crippen LogP) is 4.16. The summed E-state index contributed by atoms with van der Waals surface area (Å²) in [5, 5.41) is 0. The maximum atomic E-state index is 14.2. The van der Waals surface area contributed by atoms with Crippen LogP contribution in [0, 0.1) is 23.7 Å². The minimum atomic E-state index is -4.68. The molecule has 4 heterocycles. The van der Waals surface area contributed by atoms with E-state index in [9.17, 15) is 13.2 Å². The van der Waals surface area contributed by atoms with Crippen LogP contribution in [0.15, 0.2) is 0 Å². The highest BCUT2D eigenvalue weighted by Crippen LogP contribution is 2.64. The van der Waals surface area contributed by atoms with Crippen molar-refractivity contribution in [2.24, 2.45) is 23.7 Å². The summed E-state index contributed by atoms with van der Waals surface area (Å²) in [7, 11) is 0. The van der Waals surface area contributed by atoms with E-state index in [1.54, 1.807) is 20.8 Å². The van der Waals surface area contributed by atoms with Gasteiger partial charge in [-0.1, -0.05) is 13.8 Å². The van der Waals surface area contributed by atoms with Gasteiger partial charge in [0.25, 0.3) is 5.79 Å². The van der Waals surface area contributed by atoms with E-state index in [0.717, 1.165) is 12.8 Å². The van der Waals surface area contributed by atoms with Gasteiger partial charge in [0.05, 0.1) is 0 Å². The first-order valence-electron chi connectivity index (χ1n) is 9.53. The van der Waals surface area contributed by atoms with Gasteiger partial charge in [-0.2, -0.15) is 13.2 Å². The Hall–Kier alpha value is -0.410. The third-order valence-electron chi connectivity index (χ3n) is 7.01. The van der Waals surface area contributed by atoms with E-state index in [0.29, 0.717) is 18.8 Å². The topological polar surface area (TPSA) is 46.2 Å². The summed E-state index contributed by atoms with van der Waals surface area (Å²) in [4.78, 5) is 11.5. The van der Waals surface area contributed by atoms with E-state index in [4.69, 9.17) is 24.0 Å². The second-order valence-corrected chi connectivity index (χ2v) is 8.41. The van der Waals surface area contributed by atoms with Crippen LogP contribution in [0.25, 0.3) is 0 Å². The van der Waals surface area contributed by atoms with E-state index in [2.05, 4.69) is 6.92 Å². The average molecular weight is 380 g/mol. The highest BCUT2D eigenvalue weighted by atomic mass is 19.4. The van der Waals surface area contributed by atoms with Crippen LogP contribution in [0.2, 0.25) is 0 Å². The van der Waals surface area contributed by atoms with Crippen molar-refractivity contribution in [2.75, 3.05) is 6.61 Å². The number of alkyl halides is 3. The van der Waals surface area contributed by atoms with Gasteiger partial charge in [0.15, 0.2) is 11.9 Å². The van der Waals surface area contributed by atoms with Gasteiger partial charge in [-0.25, -0.2) is 9.78 Å². The molecule has 0 amide bonds. The first kappa shape index (κ1) is 18.9. The van der Waals surface area contributed by atoms with Crippen molar-refractivity contribution in [3.8, 4) is 0 Å². The van der Waals surface area contributed by atoms with Gasteiger partial charge < -0.3 is 14.2 Å². The van der Waals surface area contributed by atoms with Gasteiger partial charge in [0, 0.05) is 24.9 Å². The van der Waals surface area contributed by atoms with Crippen molar-refractivity contribution in [3.05, 3.63) is 0 Å². The molecular formula is C18H27F3O5. The molecule has 0 aromatic carbocycles. The SMILES string of the molecule is CCO[C@@]1(C(F)(F)F)O[C@@H]2O[C@]3(C)CC[C@H]4[C@H](C)CCC([C@H]1C)[C@@]24OO3. The second-order valence-electron chi connectivity index (χ2n) is 8.41. The lowest BCUT2D eigenvalue weighted by atomic mass is 9.57. The summed E-state index contributed by atoms with van der Waals surface area (Å²) in [5.41, 5.74) is -1.03. The van der Waals surface area contributed by atoms with Crippen molar-refractivity contribution in [2.45, 2.75) is 83.0 Å². The molecular weight excluding hydrogens is 353 g/mol. The van der Waals surface area contributed by atoms with Crippen LogP contribution >= 0.6 is 0 Å². The molecule has 8 heteroatoms. The first-order valence-corrected chi connectivity index (χ1v) is 9.53. The zero-order valence-electron chi connectivity index (χ0n) is 15.6. The minimum Gasteiger partial charge on any atom is -0.343 e. The minimum absolute atomic E-state index is 0.0193. The lowest BCUT2D eigenvalue weighted by Crippen LogP contribution is -2.76. The molecule has 1 unspecified atom stereocenters. The lowest BCUT2D eigenvalue weighted by Gasteiger charge is -2.62. The molecule has 4 aliphatic heterocycles. The molecule has 8 atom stereocenters. The maximum Gasteiger partial charge on any atom is 0.443 e. The summed E-state index contributed by atoms with van der Waals surface area (Å²) in [5.74, 6) is -4.87. The van der Waals surface area contributed by atoms with Crippen LogP contribution in [0.4, 0.5) is 13.2 Å². The number of rotatable bonds is 2. The van der Waals surface area contributed by atoms with Crippen LogP contribution in [0.1, 0.15) is 53.4 Å².